The first kappa shape index (κ1) is 16.4. The summed E-state index contributed by atoms with van der Waals surface area (Å²) < 4.78 is 5.39. The maximum absolute atomic E-state index is 12.1. The van der Waals surface area contributed by atoms with Gasteiger partial charge < -0.3 is 15.4 Å². The molecular formula is C15H30N2O2. The average molecular weight is 270 g/mol. The smallest absolute Gasteiger partial charge is 0.237 e. The van der Waals surface area contributed by atoms with Crippen molar-refractivity contribution < 1.29 is 9.53 Å². The molecule has 1 fully saturated rings. The molecular weight excluding hydrogens is 240 g/mol. The molecule has 1 saturated heterocycles. The van der Waals surface area contributed by atoms with E-state index in [4.69, 9.17) is 4.74 Å². The van der Waals surface area contributed by atoms with Crippen LogP contribution in [0.25, 0.3) is 0 Å². The van der Waals surface area contributed by atoms with E-state index in [1.165, 1.54) is 0 Å². The average Bonchev–Trinajstić information content (AvgIpc) is 2.36. The summed E-state index contributed by atoms with van der Waals surface area (Å²) in [6, 6.07) is -0.148. The van der Waals surface area contributed by atoms with Gasteiger partial charge in [0.2, 0.25) is 5.91 Å². The molecule has 2 N–H and O–H groups in total. The molecule has 0 aromatic heterocycles. The van der Waals surface area contributed by atoms with Crippen LogP contribution in [0, 0.1) is 5.41 Å². The maximum atomic E-state index is 12.1. The molecule has 19 heavy (non-hydrogen) atoms. The van der Waals surface area contributed by atoms with Gasteiger partial charge in [0.05, 0.1) is 6.04 Å². The molecule has 0 spiro atoms. The summed E-state index contributed by atoms with van der Waals surface area (Å²) in [7, 11) is 0. The van der Waals surface area contributed by atoms with Gasteiger partial charge >= 0.3 is 0 Å². The van der Waals surface area contributed by atoms with Crippen LogP contribution in [0.4, 0.5) is 0 Å². The fourth-order valence-electron chi connectivity index (χ4n) is 2.06. The van der Waals surface area contributed by atoms with Crippen LogP contribution in [0.3, 0.4) is 0 Å². The predicted molar refractivity (Wildman–Crippen MR) is 78.1 cm³/mol. The van der Waals surface area contributed by atoms with Gasteiger partial charge in [0.1, 0.15) is 0 Å². The van der Waals surface area contributed by atoms with Gasteiger partial charge in [-0.2, -0.15) is 0 Å². The van der Waals surface area contributed by atoms with Crippen LogP contribution in [-0.4, -0.2) is 37.2 Å². The summed E-state index contributed by atoms with van der Waals surface area (Å²) in [5, 5.41) is 6.45. The lowest BCUT2D eigenvalue weighted by atomic mass is 9.82. The van der Waals surface area contributed by atoms with Crippen molar-refractivity contribution in [3.05, 3.63) is 0 Å². The van der Waals surface area contributed by atoms with Crippen LogP contribution in [0.2, 0.25) is 0 Å². The summed E-state index contributed by atoms with van der Waals surface area (Å²) in [5.74, 6) is 0.0857. The van der Waals surface area contributed by atoms with E-state index in [1.807, 2.05) is 6.92 Å². The van der Waals surface area contributed by atoms with E-state index < -0.39 is 0 Å². The van der Waals surface area contributed by atoms with E-state index in [2.05, 4.69) is 38.3 Å². The van der Waals surface area contributed by atoms with Crippen LogP contribution >= 0.6 is 0 Å². The minimum atomic E-state index is -0.148. The predicted octanol–water partition coefficient (Wildman–Crippen LogP) is 2.09. The quantitative estimate of drug-likeness (QED) is 0.777. The van der Waals surface area contributed by atoms with E-state index in [1.54, 1.807) is 0 Å². The third-order valence-electron chi connectivity index (χ3n) is 4.27. The van der Waals surface area contributed by atoms with Crippen molar-refractivity contribution in [3.63, 3.8) is 0 Å². The Hall–Kier alpha value is -0.610. The second-order valence-corrected chi connectivity index (χ2v) is 6.75. The number of carbonyl (C=O) groups is 1. The molecule has 0 aromatic carbocycles. The fraction of sp³-hybridized carbons (Fsp3) is 0.933. The molecule has 1 rings (SSSR count). The van der Waals surface area contributed by atoms with Crippen LogP contribution in [0.15, 0.2) is 0 Å². The van der Waals surface area contributed by atoms with Crippen molar-refractivity contribution in [3.8, 4) is 0 Å². The van der Waals surface area contributed by atoms with Gasteiger partial charge in [0.25, 0.3) is 0 Å². The number of nitrogens with one attached hydrogen (secondary N) is 2. The van der Waals surface area contributed by atoms with E-state index in [0.717, 1.165) is 39.0 Å². The molecule has 1 heterocycles. The lowest BCUT2D eigenvalue weighted by molar-refractivity contribution is -0.124. The number of hydrogen-bond donors (Lipinski definition) is 2. The fourth-order valence-corrected chi connectivity index (χ4v) is 2.06. The van der Waals surface area contributed by atoms with Crippen LogP contribution < -0.4 is 10.6 Å². The van der Waals surface area contributed by atoms with Crippen LogP contribution in [0.5, 0.6) is 0 Å². The van der Waals surface area contributed by atoms with Gasteiger partial charge in [-0.1, -0.05) is 13.8 Å². The Balaban J connectivity index is 2.37. The molecule has 1 atom stereocenters. The number of hydrogen-bond acceptors (Lipinski definition) is 3. The number of amides is 1. The van der Waals surface area contributed by atoms with Gasteiger partial charge in [-0.05, 0) is 45.4 Å². The molecule has 1 unspecified atom stereocenters. The molecule has 0 bridgehead atoms. The van der Waals surface area contributed by atoms with E-state index in [-0.39, 0.29) is 22.9 Å². The second-order valence-electron chi connectivity index (χ2n) is 6.75. The van der Waals surface area contributed by atoms with Crippen molar-refractivity contribution in [1.82, 2.24) is 10.6 Å². The molecule has 1 amide bonds. The van der Waals surface area contributed by atoms with Crippen LogP contribution in [-0.2, 0) is 9.53 Å². The molecule has 4 heteroatoms. The Kier molecular flexibility index (Phi) is 5.81. The van der Waals surface area contributed by atoms with Crippen LogP contribution in [0.1, 0.15) is 53.9 Å². The minimum Gasteiger partial charge on any atom is -0.381 e. The Labute approximate surface area is 117 Å². The maximum Gasteiger partial charge on any atom is 0.237 e. The number of ether oxygens (including phenoxy) is 1. The Morgan fingerprint density at radius 1 is 1.37 bits per heavy atom. The number of rotatable bonds is 6. The standard InChI is InChI=1S/C15H30N2O2/c1-6-14(3,4)17-13(18)12(2)16-11-15(5)7-9-19-10-8-15/h12,16H,6-11H2,1-5H3,(H,17,18). The zero-order valence-electron chi connectivity index (χ0n) is 13.1. The van der Waals surface area contributed by atoms with Gasteiger partial charge in [-0.3, -0.25) is 4.79 Å². The minimum absolute atomic E-state index is 0.0857. The van der Waals surface area contributed by atoms with Crippen molar-refractivity contribution >= 4 is 5.91 Å². The first-order chi connectivity index (χ1) is 8.78. The first-order valence-electron chi connectivity index (χ1n) is 7.41. The highest BCUT2D eigenvalue weighted by Crippen LogP contribution is 2.28. The molecule has 4 nitrogen and oxygen atoms in total. The Bertz CT molecular complexity index is 297. The van der Waals surface area contributed by atoms with Crippen molar-refractivity contribution in [2.45, 2.75) is 65.5 Å². The lowest BCUT2D eigenvalue weighted by Crippen LogP contribution is -2.52. The van der Waals surface area contributed by atoms with Gasteiger partial charge in [0.15, 0.2) is 0 Å². The third-order valence-corrected chi connectivity index (χ3v) is 4.27. The van der Waals surface area contributed by atoms with Gasteiger partial charge in [-0.25, -0.2) is 0 Å². The molecule has 0 aromatic rings. The second kappa shape index (κ2) is 6.71. The number of carbonyl (C=O) groups excluding carboxylic acids is 1. The van der Waals surface area contributed by atoms with Crippen molar-refractivity contribution in [2.24, 2.45) is 5.41 Å². The summed E-state index contributed by atoms with van der Waals surface area (Å²) in [6.07, 6.45) is 3.06. The molecule has 0 saturated carbocycles. The third kappa shape index (κ3) is 5.49. The zero-order valence-corrected chi connectivity index (χ0v) is 13.1. The molecule has 0 aliphatic carbocycles. The largest absolute Gasteiger partial charge is 0.381 e. The highest BCUT2D eigenvalue weighted by atomic mass is 16.5. The lowest BCUT2D eigenvalue weighted by Gasteiger charge is -2.35. The Morgan fingerprint density at radius 2 is 1.95 bits per heavy atom. The molecule has 1 aliphatic heterocycles. The van der Waals surface area contributed by atoms with E-state index in [9.17, 15) is 4.79 Å². The summed E-state index contributed by atoms with van der Waals surface area (Å²) in [4.78, 5) is 12.1. The molecule has 1 aliphatic rings. The summed E-state index contributed by atoms with van der Waals surface area (Å²) in [5.41, 5.74) is 0.128. The normalized spacial score (nSPS) is 20.9. The SMILES string of the molecule is CCC(C)(C)NC(=O)C(C)NCC1(C)CCOCC1. The van der Waals surface area contributed by atoms with E-state index in [0.29, 0.717) is 0 Å². The highest BCUT2D eigenvalue weighted by molar-refractivity contribution is 5.81. The monoisotopic (exact) mass is 270 g/mol. The van der Waals surface area contributed by atoms with Gasteiger partial charge in [-0.15, -0.1) is 0 Å². The summed E-state index contributed by atoms with van der Waals surface area (Å²) in [6.45, 7) is 12.9. The van der Waals surface area contributed by atoms with Gasteiger partial charge in [0, 0.05) is 25.3 Å². The molecule has 0 radical (unpaired) electrons. The van der Waals surface area contributed by atoms with Crippen molar-refractivity contribution in [1.29, 1.82) is 0 Å². The zero-order chi connectivity index (χ0) is 14.5. The highest BCUT2D eigenvalue weighted by Gasteiger charge is 2.29. The first-order valence-corrected chi connectivity index (χ1v) is 7.41. The van der Waals surface area contributed by atoms with E-state index >= 15 is 0 Å². The molecule has 112 valence electrons. The summed E-state index contributed by atoms with van der Waals surface area (Å²) >= 11 is 0. The Morgan fingerprint density at radius 3 is 2.47 bits per heavy atom. The topological polar surface area (TPSA) is 50.4 Å². The van der Waals surface area contributed by atoms with Crippen molar-refractivity contribution in [2.75, 3.05) is 19.8 Å².